The first-order valence-corrected chi connectivity index (χ1v) is 11.2. The van der Waals surface area contributed by atoms with Gasteiger partial charge in [0.2, 0.25) is 0 Å². The van der Waals surface area contributed by atoms with E-state index in [9.17, 15) is 4.79 Å². The molecule has 0 spiro atoms. The van der Waals surface area contributed by atoms with Crippen molar-refractivity contribution in [1.82, 2.24) is 14.9 Å². The Hall–Kier alpha value is -2.47. The molecule has 0 radical (unpaired) electrons. The molecule has 1 unspecified atom stereocenters. The number of amides is 1. The van der Waals surface area contributed by atoms with E-state index in [-0.39, 0.29) is 17.4 Å². The van der Waals surface area contributed by atoms with Gasteiger partial charge in [-0.2, -0.15) is 0 Å². The van der Waals surface area contributed by atoms with Gasteiger partial charge in [0, 0.05) is 40.4 Å². The number of pyridine rings is 2. The minimum atomic E-state index is 0.00962. The minimum absolute atomic E-state index is 0.00962. The molecular formula is C24H27BrN4O. The van der Waals surface area contributed by atoms with Crippen molar-refractivity contribution < 1.29 is 4.79 Å². The highest BCUT2D eigenvalue weighted by Gasteiger charge is 2.40. The van der Waals surface area contributed by atoms with E-state index in [0.717, 1.165) is 51.8 Å². The van der Waals surface area contributed by atoms with Gasteiger partial charge in [0.1, 0.15) is 5.82 Å². The number of benzene rings is 1. The molecule has 3 heterocycles. The van der Waals surface area contributed by atoms with Crippen molar-refractivity contribution in [2.75, 3.05) is 18.4 Å². The summed E-state index contributed by atoms with van der Waals surface area (Å²) in [6.07, 6.45) is 3.88. The van der Waals surface area contributed by atoms with E-state index in [1.54, 1.807) is 6.20 Å². The third-order valence-corrected chi connectivity index (χ3v) is 6.53. The van der Waals surface area contributed by atoms with Crippen LogP contribution in [0.1, 0.15) is 42.7 Å². The molecule has 0 aliphatic carbocycles. The molecule has 0 saturated carbocycles. The summed E-state index contributed by atoms with van der Waals surface area (Å²) in [5, 5.41) is 4.35. The highest BCUT2D eigenvalue weighted by atomic mass is 79.9. The van der Waals surface area contributed by atoms with Crippen LogP contribution >= 0.6 is 15.9 Å². The summed E-state index contributed by atoms with van der Waals surface area (Å²) in [6, 6.07) is 13.8. The van der Waals surface area contributed by atoms with E-state index < -0.39 is 0 Å². The molecule has 6 heteroatoms. The number of likely N-dealkylation sites (tertiary alicyclic amines) is 1. The lowest BCUT2D eigenvalue weighted by Gasteiger charge is -2.46. The number of halogens is 1. The molecular weight excluding hydrogens is 440 g/mol. The lowest BCUT2D eigenvalue weighted by atomic mass is 9.76. The van der Waals surface area contributed by atoms with Crippen LogP contribution in [0.25, 0.3) is 10.9 Å². The maximum atomic E-state index is 13.7. The highest BCUT2D eigenvalue weighted by Crippen LogP contribution is 2.36. The molecule has 3 aromatic rings. The fraction of sp³-hybridized carbons (Fsp3) is 0.375. The number of hydrogen-bond donors (Lipinski definition) is 1. The van der Waals surface area contributed by atoms with Crippen LogP contribution in [-0.2, 0) is 0 Å². The van der Waals surface area contributed by atoms with Crippen molar-refractivity contribution in [3.63, 3.8) is 0 Å². The Labute approximate surface area is 186 Å². The Morgan fingerprint density at radius 3 is 2.83 bits per heavy atom. The van der Waals surface area contributed by atoms with Crippen molar-refractivity contribution >= 4 is 38.6 Å². The van der Waals surface area contributed by atoms with Crippen LogP contribution in [0.3, 0.4) is 0 Å². The Morgan fingerprint density at radius 2 is 2.07 bits per heavy atom. The number of anilines is 1. The van der Waals surface area contributed by atoms with Crippen LogP contribution in [0, 0.1) is 12.3 Å². The number of fused-ring (bicyclic) bond motifs is 1. The van der Waals surface area contributed by atoms with Crippen molar-refractivity contribution in [1.29, 1.82) is 0 Å². The first-order valence-electron chi connectivity index (χ1n) is 10.4. The summed E-state index contributed by atoms with van der Waals surface area (Å²) < 4.78 is 0.947. The Kier molecular flexibility index (Phi) is 5.78. The molecule has 2 aromatic heterocycles. The molecule has 156 valence electrons. The van der Waals surface area contributed by atoms with Gasteiger partial charge in [0.15, 0.2) is 0 Å². The minimum Gasteiger partial charge on any atom is -0.368 e. The maximum absolute atomic E-state index is 13.7. The number of aryl methyl sites for hydroxylation is 1. The van der Waals surface area contributed by atoms with E-state index in [0.29, 0.717) is 6.54 Å². The van der Waals surface area contributed by atoms with Gasteiger partial charge >= 0.3 is 0 Å². The number of hydrogen-bond acceptors (Lipinski definition) is 4. The van der Waals surface area contributed by atoms with Gasteiger partial charge in [-0.25, -0.2) is 4.98 Å². The molecule has 0 bridgehead atoms. The second kappa shape index (κ2) is 8.34. The standard InChI is InChI=1S/C24H27BrN4O/c1-16-8-10-18-19(6-4-7-20(18)28-16)23(30)29-13-5-12-24(2,3)21(29)15-27-22-11-9-17(25)14-26-22/h4,6-11,14,21H,5,12-13,15H2,1-3H3,(H,26,27). The van der Waals surface area contributed by atoms with Crippen LogP contribution < -0.4 is 5.32 Å². The fourth-order valence-corrected chi connectivity index (χ4v) is 4.59. The number of carbonyl (C=O) groups is 1. The Balaban J connectivity index is 1.63. The SMILES string of the molecule is Cc1ccc2c(C(=O)N3CCCC(C)(C)C3CNc3ccc(Br)cn3)cccc2n1. The predicted molar refractivity (Wildman–Crippen MR) is 125 cm³/mol. The molecule has 1 atom stereocenters. The smallest absolute Gasteiger partial charge is 0.254 e. The topological polar surface area (TPSA) is 58.1 Å². The van der Waals surface area contributed by atoms with Gasteiger partial charge < -0.3 is 10.2 Å². The van der Waals surface area contributed by atoms with Gasteiger partial charge in [-0.3, -0.25) is 9.78 Å². The zero-order valence-corrected chi connectivity index (χ0v) is 19.2. The monoisotopic (exact) mass is 466 g/mol. The van der Waals surface area contributed by atoms with Crippen LogP contribution in [0.5, 0.6) is 0 Å². The largest absolute Gasteiger partial charge is 0.368 e. The zero-order valence-electron chi connectivity index (χ0n) is 17.7. The van der Waals surface area contributed by atoms with Gasteiger partial charge in [-0.1, -0.05) is 26.0 Å². The van der Waals surface area contributed by atoms with Gasteiger partial charge in [0.25, 0.3) is 5.91 Å². The lowest BCUT2D eigenvalue weighted by Crippen LogP contribution is -2.55. The molecule has 1 aliphatic rings. The first-order chi connectivity index (χ1) is 14.3. The van der Waals surface area contributed by atoms with Crippen LogP contribution in [-0.4, -0.2) is 39.9 Å². The van der Waals surface area contributed by atoms with Crippen LogP contribution in [0.4, 0.5) is 5.82 Å². The van der Waals surface area contributed by atoms with Crippen molar-refractivity contribution in [2.45, 2.75) is 39.7 Å². The van der Waals surface area contributed by atoms with E-state index in [1.807, 2.05) is 54.3 Å². The molecule has 1 amide bonds. The van der Waals surface area contributed by atoms with Crippen molar-refractivity contribution in [3.05, 3.63) is 64.4 Å². The molecule has 1 N–H and O–H groups in total. The zero-order chi connectivity index (χ0) is 21.3. The van der Waals surface area contributed by atoms with Gasteiger partial charge in [-0.15, -0.1) is 0 Å². The molecule has 1 aliphatic heterocycles. The van der Waals surface area contributed by atoms with E-state index >= 15 is 0 Å². The van der Waals surface area contributed by atoms with E-state index in [2.05, 4.69) is 45.1 Å². The number of piperidine rings is 1. The molecule has 1 fully saturated rings. The number of aromatic nitrogens is 2. The summed E-state index contributed by atoms with van der Waals surface area (Å²) in [7, 11) is 0. The third-order valence-electron chi connectivity index (χ3n) is 6.06. The summed E-state index contributed by atoms with van der Waals surface area (Å²) >= 11 is 3.42. The number of nitrogens with one attached hydrogen (secondary N) is 1. The lowest BCUT2D eigenvalue weighted by molar-refractivity contribution is 0.0321. The van der Waals surface area contributed by atoms with Gasteiger partial charge in [-0.05, 0) is 71.4 Å². The van der Waals surface area contributed by atoms with E-state index in [1.165, 1.54) is 0 Å². The van der Waals surface area contributed by atoms with E-state index in [4.69, 9.17) is 0 Å². The number of carbonyl (C=O) groups excluding carboxylic acids is 1. The number of nitrogens with zero attached hydrogens (tertiary/aromatic N) is 3. The average Bonchev–Trinajstić information content (AvgIpc) is 2.72. The summed E-state index contributed by atoms with van der Waals surface area (Å²) in [5.41, 5.74) is 2.56. The molecule has 5 nitrogen and oxygen atoms in total. The highest BCUT2D eigenvalue weighted by molar-refractivity contribution is 9.10. The first kappa shape index (κ1) is 20.8. The second-order valence-corrected chi connectivity index (χ2v) is 9.59. The fourth-order valence-electron chi connectivity index (χ4n) is 4.36. The van der Waals surface area contributed by atoms with Crippen LogP contribution in [0.15, 0.2) is 53.1 Å². The Morgan fingerprint density at radius 1 is 1.23 bits per heavy atom. The average molecular weight is 467 g/mol. The predicted octanol–water partition coefficient (Wildman–Crippen LogP) is 5.44. The summed E-state index contributed by atoms with van der Waals surface area (Å²) in [5.74, 6) is 0.895. The molecule has 1 saturated heterocycles. The normalized spacial score (nSPS) is 18.4. The summed E-state index contributed by atoms with van der Waals surface area (Å²) in [6.45, 7) is 7.90. The molecule has 30 heavy (non-hydrogen) atoms. The summed E-state index contributed by atoms with van der Waals surface area (Å²) in [4.78, 5) is 24.8. The van der Waals surface area contributed by atoms with Crippen molar-refractivity contribution in [3.8, 4) is 0 Å². The van der Waals surface area contributed by atoms with Crippen LogP contribution in [0.2, 0.25) is 0 Å². The molecule has 4 rings (SSSR count). The Bertz CT molecular complexity index is 1060. The van der Waals surface area contributed by atoms with Crippen molar-refractivity contribution in [2.24, 2.45) is 5.41 Å². The second-order valence-electron chi connectivity index (χ2n) is 8.67. The maximum Gasteiger partial charge on any atom is 0.254 e. The third kappa shape index (κ3) is 4.19. The number of rotatable bonds is 4. The quantitative estimate of drug-likeness (QED) is 0.555. The molecule has 1 aromatic carbocycles. The van der Waals surface area contributed by atoms with Gasteiger partial charge in [0.05, 0.1) is 11.6 Å².